The van der Waals surface area contributed by atoms with Crippen LogP contribution in [-0.2, 0) is 4.79 Å². The first-order valence-electron chi connectivity index (χ1n) is 12.1. The Balaban J connectivity index is 1.61. The van der Waals surface area contributed by atoms with E-state index in [2.05, 4.69) is 47.3 Å². The predicted molar refractivity (Wildman–Crippen MR) is 162 cm³/mol. The molecule has 1 heterocycles. The second-order valence-electron chi connectivity index (χ2n) is 8.74. The number of hydrogen-bond donors (Lipinski definition) is 1. The van der Waals surface area contributed by atoms with Crippen LogP contribution in [-0.4, -0.2) is 35.0 Å². The monoisotopic (exact) mass is 674 g/mol. The highest BCUT2D eigenvalue weighted by molar-refractivity contribution is 9.10. The van der Waals surface area contributed by atoms with E-state index in [1.54, 1.807) is 54.7 Å². The average molecular weight is 677 g/mol. The summed E-state index contributed by atoms with van der Waals surface area (Å²) in [6, 6.07) is 15.6. The van der Waals surface area contributed by atoms with Crippen molar-refractivity contribution in [2.75, 3.05) is 18.5 Å². The molecule has 4 rings (SSSR count). The van der Waals surface area contributed by atoms with E-state index in [-0.39, 0.29) is 24.0 Å². The summed E-state index contributed by atoms with van der Waals surface area (Å²) in [7, 11) is 0. The van der Waals surface area contributed by atoms with Crippen LogP contribution in [0, 0.1) is 0 Å². The number of amides is 1. The molecule has 0 saturated carbocycles. The Kier molecular flexibility index (Phi) is 9.42. The highest BCUT2D eigenvalue weighted by Crippen LogP contribution is 2.33. The molecule has 1 amide bonds. The number of benzene rings is 3. The van der Waals surface area contributed by atoms with Gasteiger partial charge in [0.2, 0.25) is 0 Å². The highest BCUT2D eigenvalue weighted by atomic mass is 79.9. The second kappa shape index (κ2) is 12.8. The van der Waals surface area contributed by atoms with Crippen molar-refractivity contribution in [2.24, 2.45) is 5.10 Å². The van der Waals surface area contributed by atoms with Gasteiger partial charge in [-0.1, -0.05) is 41.4 Å². The van der Waals surface area contributed by atoms with Crippen LogP contribution in [0.1, 0.15) is 38.1 Å². The minimum absolute atomic E-state index is 0.0416. The van der Waals surface area contributed by atoms with Gasteiger partial charge in [0.15, 0.2) is 18.1 Å². The van der Waals surface area contributed by atoms with E-state index < -0.39 is 0 Å². The number of carbonyl (C=O) groups excluding carboxylic acids is 1. The minimum atomic E-state index is -0.336. The van der Waals surface area contributed by atoms with Crippen molar-refractivity contribution in [3.05, 3.63) is 90.3 Å². The summed E-state index contributed by atoms with van der Waals surface area (Å²) in [5, 5.41) is 8.29. The third-order valence-corrected chi connectivity index (χ3v) is 6.94. The van der Waals surface area contributed by atoms with Crippen LogP contribution < -0.4 is 20.3 Å². The standard InChI is InChI=1S/C28H25Br2ClN4O4/c1-4-38-24-11-17(22(30)13-25(24)39-15-26(36)33-20-8-6-19(31)7-9-20)14-32-35-27(16(2)3)34-23-10-5-18(29)12-21(23)28(35)37/h5-14,16H,4,15H2,1-3H3,(H,33,36). The molecule has 0 radical (unpaired) electrons. The zero-order valence-corrected chi connectivity index (χ0v) is 25.3. The van der Waals surface area contributed by atoms with Crippen LogP contribution in [0.3, 0.4) is 0 Å². The molecule has 0 fully saturated rings. The fourth-order valence-corrected chi connectivity index (χ4v) is 4.59. The number of hydrogen-bond acceptors (Lipinski definition) is 6. The maximum absolute atomic E-state index is 13.3. The lowest BCUT2D eigenvalue weighted by atomic mass is 10.2. The fraction of sp³-hybridized carbons (Fsp3) is 0.214. The maximum atomic E-state index is 13.3. The van der Waals surface area contributed by atoms with Gasteiger partial charge in [-0.15, -0.1) is 0 Å². The molecule has 39 heavy (non-hydrogen) atoms. The Morgan fingerprint density at radius 1 is 1.10 bits per heavy atom. The van der Waals surface area contributed by atoms with E-state index >= 15 is 0 Å². The molecule has 11 heteroatoms. The number of carbonyl (C=O) groups is 1. The molecule has 0 saturated heterocycles. The zero-order chi connectivity index (χ0) is 28.1. The maximum Gasteiger partial charge on any atom is 0.282 e. The van der Waals surface area contributed by atoms with Crippen molar-refractivity contribution in [3.63, 3.8) is 0 Å². The highest BCUT2D eigenvalue weighted by Gasteiger charge is 2.15. The summed E-state index contributed by atoms with van der Waals surface area (Å²) in [6.07, 6.45) is 1.56. The number of anilines is 1. The zero-order valence-electron chi connectivity index (χ0n) is 21.4. The average Bonchev–Trinajstić information content (AvgIpc) is 2.90. The molecule has 0 atom stereocenters. The van der Waals surface area contributed by atoms with E-state index in [0.29, 0.717) is 55.6 Å². The topological polar surface area (TPSA) is 94.8 Å². The molecule has 0 bridgehead atoms. The van der Waals surface area contributed by atoms with Crippen molar-refractivity contribution < 1.29 is 14.3 Å². The Morgan fingerprint density at radius 3 is 2.51 bits per heavy atom. The molecule has 3 aromatic carbocycles. The van der Waals surface area contributed by atoms with Gasteiger partial charge in [-0.2, -0.15) is 9.78 Å². The smallest absolute Gasteiger partial charge is 0.282 e. The number of ether oxygens (including phenoxy) is 2. The molecule has 0 aliphatic rings. The SMILES string of the molecule is CCOc1cc(C=Nn2c(C(C)C)nc3ccc(Br)cc3c2=O)c(Br)cc1OCC(=O)Nc1ccc(Cl)cc1. The van der Waals surface area contributed by atoms with Gasteiger partial charge in [0.05, 0.1) is 23.7 Å². The molecule has 0 aliphatic carbocycles. The largest absolute Gasteiger partial charge is 0.490 e. The molecule has 0 aliphatic heterocycles. The third-order valence-electron chi connectivity index (χ3n) is 5.51. The van der Waals surface area contributed by atoms with Crippen molar-refractivity contribution in [1.29, 1.82) is 0 Å². The van der Waals surface area contributed by atoms with Gasteiger partial charge in [-0.3, -0.25) is 9.59 Å². The number of aromatic nitrogens is 2. The lowest BCUT2D eigenvalue weighted by molar-refractivity contribution is -0.118. The Hall–Kier alpha value is -3.21. The van der Waals surface area contributed by atoms with E-state index in [9.17, 15) is 9.59 Å². The van der Waals surface area contributed by atoms with Gasteiger partial charge in [-0.25, -0.2) is 4.98 Å². The van der Waals surface area contributed by atoms with E-state index in [4.69, 9.17) is 21.1 Å². The van der Waals surface area contributed by atoms with E-state index in [1.807, 2.05) is 26.8 Å². The molecule has 0 spiro atoms. The molecule has 4 aromatic rings. The first kappa shape index (κ1) is 28.8. The van der Waals surface area contributed by atoms with Crippen LogP contribution in [0.4, 0.5) is 5.69 Å². The number of halogens is 3. The van der Waals surface area contributed by atoms with E-state index in [0.717, 1.165) is 4.47 Å². The summed E-state index contributed by atoms with van der Waals surface area (Å²) in [6.45, 7) is 5.91. The lowest BCUT2D eigenvalue weighted by Crippen LogP contribution is -2.23. The molecule has 0 unspecified atom stereocenters. The summed E-state index contributed by atoms with van der Waals surface area (Å²) in [4.78, 5) is 30.4. The first-order valence-corrected chi connectivity index (χ1v) is 14.0. The molecular weight excluding hydrogens is 652 g/mol. The molecular formula is C28H25Br2ClN4O4. The van der Waals surface area contributed by atoms with Crippen LogP contribution in [0.25, 0.3) is 10.9 Å². The Bertz CT molecular complexity index is 1600. The number of fused-ring (bicyclic) bond motifs is 1. The van der Waals surface area contributed by atoms with Crippen LogP contribution >= 0.6 is 43.5 Å². The van der Waals surface area contributed by atoms with Gasteiger partial charge in [0.25, 0.3) is 11.5 Å². The van der Waals surface area contributed by atoms with Crippen molar-refractivity contribution in [3.8, 4) is 11.5 Å². The molecule has 202 valence electrons. The van der Waals surface area contributed by atoms with Crippen LogP contribution in [0.15, 0.2) is 73.4 Å². The Labute approximate surface area is 247 Å². The van der Waals surface area contributed by atoms with Crippen molar-refractivity contribution >= 4 is 72.2 Å². The molecule has 1 aromatic heterocycles. The van der Waals surface area contributed by atoms with Crippen molar-refractivity contribution in [2.45, 2.75) is 26.7 Å². The van der Waals surface area contributed by atoms with Crippen LogP contribution in [0.5, 0.6) is 11.5 Å². The normalized spacial score (nSPS) is 11.4. The van der Waals surface area contributed by atoms with Gasteiger partial charge in [-0.05, 0) is 77.5 Å². The quantitative estimate of drug-likeness (QED) is 0.193. The first-order chi connectivity index (χ1) is 18.7. The number of nitrogens with one attached hydrogen (secondary N) is 1. The summed E-state index contributed by atoms with van der Waals surface area (Å²) >= 11 is 12.9. The second-order valence-corrected chi connectivity index (χ2v) is 11.0. The molecule has 8 nitrogen and oxygen atoms in total. The molecule has 1 N–H and O–H groups in total. The number of nitrogens with zero attached hydrogens (tertiary/aromatic N) is 3. The van der Waals surface area contributed by atoms with Gasteiger partial charge in [0, 0.05) is 31.1 Å². The number of rotatable bonds is 9. The van der Waals surface area contributed by atoms with Crippen LogP contribution in [0.2, 0.25) is 5.02 Å². The lowest BCUT2D eigenvalue weighted by Gasteiger charge is -2.14. The van der Waals surface area contributed by atoms with Gasteiger partial charge in [0.1, 0.15) is 5.82 Å². The fourth-order valence-electron chi connectivity index (χ4n) is 3.68. The predicted octanol–water partition coefficient (Wildman–Crippen LogP) is 7.00. The summed E-state index contributed by atoms with van der Waals surface area (Å²) < 4.78 is 14.3. The third kappa shape index (κ3) is 7.06. The minimum Gasteiger partial charge on any atom is -0.490 e. The van der Waals surface area contributed by atoms with E-state index in [1.165, 1.54) is 4.68 Å². The van der Waals surface area contributed by atoms with Crippen molar-refractivity contribution in [1.82, 2.24) is 9.66 Å². The summed E-state index contributed by atoms with van der Waals surface area (Å²) in [5.74, 6) is 0.972. The van der Waals surface area contributed by atoms with Gasteiger partial charge >= 0.3 is 0 Å². The van der Waals surface area contributed by atoms with Gasteiger partial charge < -0.3 is 14.8 Å². The Morgan fingerprint density at radius 2 is 1.82 bits per heavy atom. The summed E-state index contributed by atoms with van der Waals surface area (Å²) in [5.41, 5.74) is 1.60.